The van der Waals surface area contributed by atoms with Gasteiger partial charge in [0.15, 0.2) is 0 Å². The number of halogens is 2. The first-order valence-electron chi connectivity index (χ1n) is 6.70. The standard InChI is InChI=1S/C15H17F2N3O/c1-3-6-18-13(11-9-10(16)4-5-12(11)17)14-15(21-2)20-8-7-19-14/h4-5,7-9,13,18H,3,6H2,1-2H3. The number of hydrogen-bond donors (Lipinski definition) is 1. The van der Waals surface area contributed by atoms with E-state index in [0.29, 0.717) is 12.2 Å². The first-order chi connectivity index (χ1) is 10.2. The Hall–Kier alpha value is -2.08. The Bertz CT molecular complexity index is 607. The SMILES string of the molecule is CCCNC(c1cc(F)ccc1F)c1nccnc1OC. The molecular weight excluding hydrogens is 276 g/mol. The summed E-state index contributed by atoms with van der Waals surface area (Å²) in [5.74, 6) is -0.718. The number of aromatic nitrogens is 2. The molecule has 0 saturated carbocycles. The number of benzene rings is 1. The number of nitrogens with one attached hydrogen (secondary N) is 1. The molecule has 0 aliphatic carbocycles. The summed E-state index contributed by atoms with van der Waals surface area (Å²) in [6.07, 6.45) is 3.83. The van der Waals surface area contributed by atoms with Crippen molar-refractivity contribution in [2.75, 3.05) is 13.7 Å². The third-order valence-corrected chi connectivity index (χ3v) is 3.03. The van der Waals surface area contributed by atoms with Gasteiger partial charge in [0.1, 0.15) is 17.3 Å². The van der Waals surface area contributed by atoms with Crippen LogP contribution in [-0.2, 0) is 0 Å². The molecule has 21 heavy (non-hydrogen) atoms. The Morgan fingerprint density at radius 3 is 2.71 bits per heavy atom. The van der Waals surface area contributed by atoms with Crippen molar-refractivity contribution in [3.63, 3.8) is 0 Å². The predicted molar refractivity (Wildman–Crippen MR) is 75.1 cm³/mol. The molecule has 0 aliphatic heterocycles. The summed E-state index contributed by atoms with van der Waals surface area (Å²) in [5, 5.41) is 3.16. The van der Waals surface area contributed by atoms with Gasteiger partial charge >= 0.3 is 0 Å². The van der Waals surface area contributed by atoms with Gasteiger partial charge in [-0.2, -0.15) is 0 Å². The Balaban J connectivity index is 2.49. The van der Waals surface area contributed by atoms with Gasteiger partial charge in [0.2, 0.25) is 5.88 Å². The molecule has 2 aromatic rings. The molecule has 6 heteroatoms. The molecule has 1 unspecified atom stereocenters. The Kier molecular flexibility index (Phi) is 5.16. The second-order valence-electron chi connectivity index (χ2n) is 4.50. The normalized spacial score (nSPS) is 12.2. The second kappa shape index (κ2) is 7.08. The molecule has 0 aliphatic rings. The molecule has 0 spiro atoms. The maximum atomic E-state index is 14.1. The van der Waals surface area contributed by atoms with Crippen LogP contribution in [0.4, 0.5) is 8.78 Å². The Morgan fingerprint density at radius 1 is 1.24 bits per heavy atom. The maximum Gasteiger partial charge on any atom is 0.237 e. The molecule has 1 atom stereocenters. The van der Waals surface area contributed by atoms with Gasteiger partial charge in [0.05, 0.1) is 13.2 Å². The molecule has 4 nitrogen and oxygen atoms in total. The molecule has 0 bridgehead atoms. The van der Waals surface area contributed by atoms with E-state index >= 15 is 0 Å². The molecule has 1 heterocycles. The Morgan fingerprint density at radius 2 is 2.00 bits per heavy atom. The van der Waals surface area contributed by atoms with Gasteiger partial charge in [0, 0.05) is 18.0 Å². The van der Waals surface area contributed by atoms with Gasteiger partial charge in [-0.25, -0.2) is 13.8 Å². The highest BCUT2D eigenvalue weighted by molar-refractivity contribution is 5.34. The molecule has 1 aromatic carbocycles. The third kappa shape index (κ3) is 3.52. The summed E-state index contributed by atoms with van der Waals surface area (Å²) in [6.45, 7) is 2.61. The van der Waals surface area contributed by atoms with Crippen LogP contribution in [0.1, 0.15) is 30.6 Å². The van der Waals surface area contributed by atoms with E-state index in [-0.39, 0.29) is 11.4 Å². The van der Waals surface area contributed by atoms with Crippen molar-refractivity contribution in [1.82, 2.24) is 15.3 Å². The van der Waals surface area contributed by atoms with Crippen molar-refractivity contribution in [2.24, 2.45) is 0 Å². The first kappa shape index (κ1) is 15.3. The van der Waals surface area contributed by atoms with E-state index in [1.165, 1.54) is 19.5 Å². The highest BCUT2D eigenvalue weighted by Crippen LogP contribution is 2.28. The summed E-state index contributed by atoms with van der Waals surface area (Å²) in [4.78, 5) is 8.27. The molecule has 2 rings (SSSR count). The van der Waals surface area contributed by atoms with E-state index in [2.05, 4.69) is 15.3 Å². The second-order valence-corrected chi connectivity index (χ2v) is 4.50. The van der Waals surface area contributed by atoms with Crippen LogP contribution in [0.25, 0.3) is 0 Å². The molecule has 1 aromatic heterocycles. The monoisotopic (exact) mass is 293 g/mol. The quantitative estimate of drug-likeness (QED) is 0.889. The zero-order valence-electron chi connectivity index (χ0n) is 11.9. The number of nitrogens with zero attached hydrogens (tertiary/aromatic N) is 2. The van der Waals surface area contributed by atoms with E-state index in [1.54, 1.807) is 0 Å². The van der Waals surface area contributed by atoms with Crippen LogP contribution >= 0.6 is 0 Å². The lowest BCUT2D eigenvalue weighted by atomic mass is 10.0. The van der Waals surface area contributed by atoms with Gasteiger partial charge in [0.25, 0.3) is 0 Å². The lowest BCUT2D eigenvalue weighted by molar-refractivity contribution is 0.381. The number of rotatable bonds is 6. The van der Waals surface area contributed by atoms with Crippen molar-refractivity contribution in [3.05, 3.63) is 53.5 Å². The fraction of sp³-hybridized carbons (Fsp3) is 0.333. The molecule has 0 radical (unpaired) electrons. The summed E-state index contributed by atoms with van der Waals surface area (Å²) in [5.41, 5.74) is 0.611. The lowest BCUT2D eigenvalue weighted by Gasteiger charge is -2.20. The summed E-state index contributed by atoms with van der Waals surface area (Å²) in [6, 6.07) is 2.73. The summed E-state index contributed by atoms with van der Waals surface area (Å²) in [7, 11) is 1.46. The minimum absolute atomic E-state index is 0.183. The van der Waals surface area contributed by atoms with Crippen molar-refractivity contribution < 1.29 is 13.5 Å². The molecule has 1 N–H and O–H groups in total. The minimum Gasteiger partial charge on any atom is -0.480 e. The summed E-state index contributed by atoms with van der Waals surface area (Å²) < 4.78 is 32.7. The lowest BCUT2D eigenvalue weighted by Crippen LogP contribution is -2.26. The van der Waals surface area contributed by atoms with E-state index in [1.807, 2.05) is 6.92 Å². The number of methoxy groups -OCH3 is 1. The average Bonchev–Trinajstić information content (AvgIpc) is 2.51. The fourth-order valence-electron chi connectivity index (χ4n) is 2.07. The van der Waals surface area contributed by atoms with Crippen LogP contribution in [0.5, 0.6) is 5.88 Å². The van der Waals surface area contributed by atoms with Crippen molar-refractivity contribution in [2.45, 2.75) is 19.4 Å². The highest BCUT2D eigenvalue weighted by Gasteiger charge is 2.23. The molecule has 0 fully saturated rings. The van der Waals surface area contributed by atoms with E-state index in [9.17, 15) is 8.78 Å². The van der Waals surface area contributed by atoms with Gasteiger partial charge in [-0.15, -0.1) is 0 Å². The van der Waals surface area contributed by atoms with Gasteiger partial charge < -0.3 is 10.1 Å². The van der Waals surface area contributed by atoms with Crippen LogP contribution < -0.4 is 10.1 Å². The van der Waals surface area contributed by atoms with Crippen LogP contribution in [0.2, 0.25) is 0 Å². The average molecular weight is 293 g/mol. The van der Waals surface area contributed by atoms with Crippen LogP contribution in [-0.4, -0.2) is 23.6 Å². The molecular formula is C15H17F2N3O. The van der Waals surface area contributed by atoms with E-state index in [0.717, 1.165) is 24.6 Å². The molecule has 0 saturated heterocycles. The molecule has 0 amide bonds. The zero-order chi connectivity index (χ0) is 15.2. The zero-order valence-corrected chi connectivity index (χ0v) is 11.9. The highest BCUT2D eigenvalue weighted by atomic mass is 19.1. The predicted octanol–water partition coefficient (Wildman–Crippen LogP) is 2.85. The number of ether oxygens (including phenoxy) is 1. The van der Waals surface area contributed by atoms with Gasteiger partial charge in [-0.05, 0) is 31.2 Å². The number of hydrogen-bond acceptors (Lipinski definition) is 4. The van der Waals surface area contributed by atoms with Crippen LogP contribution in [0.15, 0.2) is 30.6 Å². The van der Waals surface area contributed by atoms with Crippen molar-refractivity contribution in [1.29, 1.82) is 0 Å². The first-order valence-corrected chi connectivity index (χ1v) is 6.70. The Labute approximate surface area is 122 Å². The smallest absolute Gasteiger partial charge is 0.237 e. The van der Waals surface area contributed by atoms with Gasteiger partial charge in [-0.1, -0.05) is 6.92 Å². The molecule has 112 valence electrons. The topological polar surface area (TPSA) is 47.0 Å². The maximum absolute atomic E-state index is 14.1. The van der Waals surface area contributed by atoms with Crippen molar-refractivity contribution in [3.8, 4) is 5.88 Å². The summed E-state index contributed by atoms with van der Waals surface area (Å²) >= 11 is 0. The fourth-order valence-corrected chi connectivity index (χ4v) is 2.07. The van der Waals surface area contributed by atoms with Crippen LogP contribution in [0.3, 0.4) is 0 Å². The van der Waals surface area contributed by atoms with Crippen LogP contribution in [0, 0.1) is 11.6 Å². The largest absolute Gasteiger partial charge is 0.480 e. The van der Waals surface area contributed by atoms with Crippen molar-refractivity contribution >= 4 is 0 Å². The minimum atomic E-state index is -0.621. The van der Waals surface area contributed by atoms with E-state index < -0.39 is 17.7 Å². The third-order valence-electron chi connectivity index (χ3n) is 3.03. The van der Waals surface area contributed by atoms with E-state index in [4.69, 9.17) is 4.74 Å². The van der Waals surface area contributed by atoms with Gasteiger partial charge in [-0.3, -0.25) is 4.98 Å².